The summed E-state index contributed by atoms with van der Waals surface area (Å²) in [5, 5.41) is 2.94. The van der Waals surface area contributed by atoms with E-state index >= 15 is 0 Å². The molecule has 0 aliphatic heterocycles. The smallest absolute Gasteiger partial charge is 0.238 e. The van der Waals surface area contributed by atoms with Gasteiger partial charge in [-0.2, -0.15) is 0 Å². The fourth-order valence-electron chi connectivity index (χ4n) is 1.90. The maximum absolute atomic E-state index is 11.9. The minimum atomic E-state index is 0.0483. The summed E-state index contributed by atoms with van der Waals surface area (Å²) >= 11 is 0. The molecule has 1 amide bonds. The second-order valence-electron chi connectivity index (χ2n) is 5.84. The Labute approximate surface area is 117 Å². The molecule has 1 aromatic carbocycles. The molecule has 0 atom stereocenters. The van der Waals surface area contributed by atoms with Crippen LogP contribution in [0, 0.1) is 0 Å². The molecule has 0 heterocycles. The summed E-state index contributed by atoms with van der Waals surface area (Å²) in [5.41, 5.74) is 2.28. The van der Waals surface area contributed by atoms with Crippen LogP contribution < -0.4 is 5.32 Å². The molecule has 106 valence electrons. The highest BCUT2D eigenvalue weighted by atomic mass is 16.2. The molecule has 1 rings (SSSR count). The monoisotopic (exact) mass is 262 g/mol. The summed E-state index contributed by atoms with van der Waals surface area (Å²) in [4.78, 5) is 14.0. The molecule has 1 aromatic rings. The molecule has 0 aliphatic rings. The number of likely N-dealkylation sites (N-methyl/N-ethyl adjacent to an activating group) is 1. The number of nitrogens with one attached hydrogen (secondary N) is 1. The van der Waals surface area contributed by atoms with Crippen molar-refractivity contribution in [3.63, 3.8) is 0 Å². The number of benzene rings is 1. The van der Waals surface area contributed by atoms with E-state index in [1.807, 2.05) is 12.1 Å². The topological polar surface area (TPSA) is 32.3 Å². The van der Waals surface area contributed by atoms with Crippen LogP contribution in [0.2, 0.25) is 0 Å². The van der Waals surface area contributed by atoms with Crippen LogP contribution in [-0.2, 0) is 10.2 Å². The first kappa shape index (κ1) is 15.7. The summed E-state index contributed by atoms with van der Waals surface area (Å²) in [5.74, 6) is 0.0483. The number of hydrogen-bond donors (Lipinski definition) is 1. The van der Waals surface area contributed by atoms with Crippen LogP contribution in [0.15, 0.2) is 24.3 Å². The molecule has 0 radical (unpaired) electrons. The van der Waals surface area contributed by atoms with E-state index in [-0.39, 0.29) is 11.3 Å². The Morgan fingerprint density at radius 2 is 1.63 bits per heavy atom. The zero-order valence-corrected chi connectivity index (χ0v) is 12.8. The van der Waals surface area contributed by atoms with Crippen LogP contribution in [0.5, 0.6) is 0 Å². The van der Waals surface area contributed by atoms with Crippen molar-refractivity contribution in [2.24, 2.45) is 0 Å². The van der Waals surface area contributed by atoms with Crippen molar-refractivity contribution in [2.75, 3.05) is 25.0 Å². The number of hydrogen-bond acceptors (Lipinski definition) is 2. The third-order valence-electron chi connectivity index (χ3n) is 3.30. The first-order chi connectivity index (χ1) is 8.86. The van der Waals surface area contributed by atoms with Gasteiger partial charge in [-0.15, -0.1) is 0 Å². The van der Waals surface area contributed by atoms with Gasteiger partial charge in [0.1, 0.15) is 0 Å². The van der Waals surface area contributed by atoms with Crippen molar-refractivity contribution in [2.45, 2.75) is 40.0 Å². The van der Waals surface area contributed by atoms with E-state index in [1.54, 1.807) is 0 Å². The average Bonchev–Trinajstić information content (AvgIpc) is 2.35. The van der Waals surface area contributed by atoms with Gasteiger partial charge in [0.15, 0.2) is 0 Å². The second-order valence-corrected chi connectivity index (χ2v) is 5.84. The summed E-state index contributed by atoms with van der Waals surface area (Å²) in [7, 11) is 0. The molecule has 0 aromatic heterocycles. The third kappa shape index (κ3) is 5.03. The lowest BCUT2D eigenvalue weighted by molar-refractivity contribution is -0.117. The quantitative estimate of drug-likeness (QED) is 0.883. The Hall–Kier alpha value is -1.35. The highest BCUT2D eigenvalue weighted by Gasteiger charge is 2.13. The molecule has 0 aliphatic carbocycles. The van der Waals surface area contributed by atoms with E-state index in [9.17, 15) is 4.79 Å². The zero-order chi connectivity index (χ0) is 14.5. The molecule has 0 spiro atoms. The van der Waals surface area contributed by atoms with Gasteiger partial charge in [0.25, 0.3) is 0 Å². The van der Waals surface area contributed by atoms with Crippen molar-refractivity contribution in [3.05, 3.63) is 29.8 Å². The number of nitrogens with zero attached hydrogens (tertiary/aromatic N) is 1. The Kier molecular flexibility index (Phi) is 5.55. The second kappa shape index (κ2) is 6.71. The van der Waals surface area contributed by atoms with E-state index in [2.05, 4.69) is 57.0 Å². The Balaban J connectivity index is 2.61. The van der Waals surface area contributed by atoms with Gasteiger partial charge in [0.2, 0.25) is 5.91 Å². The van der Waals surface area contributed by atoms with Crippen LogP contribution in [0.3, 0.4) is 0 Å². The molecule has 0 bridgehead atoms. The van der Waals surface area contributed by atoms with Gasteiger partial charge in [-0.3, -0.25) is 9.69 Å². The maximum Gasteiger partial charge on any atom is 0.238 e. The van der Waals surface area contributed by atoms with Crippen LogP contribution in [0.1, 0.15) is 40.2 Å². The standard InChI is InChI=1S/C16H26N2O/c1-6-18(7-2)12-15(19)17-14-10-8-13(9-11-14)16(3,4)5/h8-11H,6-7,12H2,1-5H3,(H,17,19). The van der Waals surface area contributed by atoms with E-state index in [1.165, 1.54) is 5.56 Å². The van der Waals surface area contributed by atoms with E-state index in [0.29, 0.717) is 6.54 Å². The Morgan fingerprint density at radius 3 is 2.05 bits per heavy atom. The minimum absolute atomic E-state index is 0.0483. The highest BCUT2D eigenvalue weighted by molar-refractivity contribution is 5.92. The van der Waals surface area contributed by atoms with Gasteiger partial charge >= 0.3 is 0 Å². The van der Waals surface area contributed by atoms with Gasteiger partial charge in [0.05, 0.1) is 6.54 Å². The van der Waals surface area contributed by atoms with Gasteiger partial charge in [-0.1, -0.05) is 46.8 Å². The lowest BCUT2D eigenvalue weighted by atomic mass is 9.87. The fourth-order valence-corrected chi connectivity index (χ4v) is 1.90. The van der Waals surface area contributed by atoms with Crippen LogP contribution in [0.25, 0.3) is 0 Å². The third-order valence-corrected chi connectivity index (χ3v) is 3.30. The predicted octanol–water partition coefficient (Wildman–Crippen LogP) is 3.26. The molecule has 19 heavy (non-hydrogen) atoms. The van der Waals surface area contributed by atoms with E-state index in [0.717, 1.165) is 18.8 Å². The molecule has 1 N–H and O–H groups in total. The van der Waals surface area contributed by atoms with Gasteiger partial charge in [0, 0.05) is 5.69 Å². The highest BCUT2D eigenvalue weighted by Crippen LogP contribution is 2.23. The summed E-state index contributed by atoms with van der Waals surface area (Å²) in [6.45, 7) is 12.9. The minimum Gasteiger partial charge on any atom is -0.325 e. The van der Waals surface area contributed by atoms with Crippen molar-refractivity contribution in [1.29, 1.82) is 0 Å². The number of carbonyl (C=O) groups is 1. The van der Waals surface area contributed by atoms with Crippen LogP contribution in [0.4, 0.5) is 5.69 Å². The summed E-state index contributed by atoms with van der Waals surface area (Å²) in [6.07, 6.45) is 0. The van der Waals surface area contributed by atoms with Gasteiger partial charge in [-0.05, 0) is 36.2 Å². The van der Waals surface area contributed by atoms with Crippen molar-refractivity contribution < 1.29 is 4.79 Å². The van der Waals surface area contributed by atoms with Gasteiger partial charge in [-0.25, -0.2) is 0 Å². The Bertz CT molecular complexity index is 400. The normalized spacial score (nSPS) is 11.7. The van der Waals surface area contributed by atoms with E-state index < -0.39 is 0 Å². The van der Waals surface area contributed by atoms with Crippen LogP contribution in [-0.4, -0.2) is 30.4 Å². The molecule has 3 nitrogen and oxygen atoms in total. The van der Waals surface area contributed by atoms with Crippen molar-refractivity contribution in [3.8, 4) is 0 Å². The maximum atomic E-state index is 11.9. The first-order valence-corrected chi connectivity index (χ1v) is 6.99. The summed E-state index contributed by atoms with van der Waals surface area (Å²) < 4.78 is 0. The largest absolute Gasteiger partial charge is 0.325 e. The molecule has 0 saturated heterocycles. The van der Waals surface area contributed by atoms with E-state index in [4.69, 9.17) is 0 Å². The fraction of sp³-hybridized carbons (Fsp3) is 0.562. The number of carbonyl (C=O) groups excluding carboxylic acids is 1. The number of amides is 1. The molecular weight excluding hydrogens is 236 g/mol. The molecular formula is C16H26N2O. The first-order valence-electron chi connectivity index (χ1n) is 6.99. The SMILES string of the molecule is CCN(CC)CC(=O)Nc1ccc(C(C)(C)C)cc1. The Morgan fingerprint density at radius 1 is 1.11 bits per heavy atom. The lowest BCUT2D eigenvalue weighted by Gasteiger charge is -2.20. The molecule has 0 saturated carbocycles. The predicted molar refractivity (Wildman–Crippen MR) is 81.6 cm³/mol. The van der Waals surface area contributed by atoms with Crippen LogP contribution >= 0.6 is 0 Å². The molecule has 0 fully saturated rings. The molecule has 3 heteroatoms. The van der Waals surface area contributed by atoms with Crippen molar-refractivity contribution in [1.82, 2.24) is 4.90 Å². The summed E-state index contributed by atoms with van der Waals surface area (Å²) in [6, 6.07) is 8.10. The lowest BCUT2D eigenvalue weighted by Crippen LogP contribution is -2.32. The zero-order valence-electron chi connectivity index (χ0n) is 12.8. The molecule has 0 unspecified atom stereocenters. The van der Waals surface area contributed by atoms with Gasteiger partial charge < -0.3 is 5.32 Å². The van der Waals surface area contributed by atoms with Crippen molar-refractivity contribution >= 4 is 11.6 Å². The number of anilines is 1. The number of rotatable bonds is 5. The average molecular weight is 262 g/mol.